The van der Waals surface area contributed by atoms with Gasteiger partial charge < -0.3 is 14.0 Å². The zero-order chi connectivity index (χ0) is 17.3. The fourth-order valence-corrected chi connectivity index (χ4v) is 3.31. The largest absolute Gasteiger partial charge is 0.525 e. The van der Waals surface area contributed by atoms with E-state index in [9.17, 15) is 0 Å². The van der Waals surface area contributed by atoms with Gasteiger partial charge in [-0.05, 0) is 65.7 Å². The number of rotatable bonds is 6. The summed E-state index contributed by atoms with van der Waals surface area (Å²) in [5.41, 5.74) is -0.822. The van der Waals surface area contributed by atoms with Gasteiger partial charge in [-0.3, -0.25) is 0 Å². The summed E-state index contributed by atoms with van der Waals surface area (Å²) in [5.74, 6) is 0. The fourth-order valence-electron chi connectivity index (χ4n) is 2.36. The van der Waals surface area contributed by atoms with Crippen molar-refractivity contribution in [3.63, 3.8) is 0 Å². The van der Waals surface area contributed by atoms with E-state index in [1.54, 1.807) is 11.3 Å². The van der Waals surface area contributed by atoms with Crippen molar-refractivity contribution in [2.24, 2.45) is 0 Å². The summed E-state index contributed by atoms with van der Waals surface area (Å²) in [7, 11) is -0.959. The molecular formula is C17H26BFO3S. The summed E-state index contributed by atoms with van der Waals surface area (Å²) in [6, 6.07) is 3.95. The molecule has 0 spiro atoms. The van der Waals surface area contributed by atoms with Crippen LogP contribution in [0.4, 0.5) is 4.39 Å². The molecule has 1 aromatic rings. The molecule has 0 N–H and O–H groups in total. The first-order valence-electron chi connectivity index (χ1n) is 8.06. The monoisotopic (exact) mass is 340 g/mol. The molecule has 1 aliphatic heterocycles. The van der Waals surface area contributed by atoms with E-state index in [4.69, 9.17) is 14.0 Å². The van der Waals surface area contributed by atoms with Crippen LogP contribution in [0, 0.1) is 6.92 Å². The lowest BCUT2D eigenvalue weighted by Gasteiger charge is -2.32. The Bertz CT molecular complexity index is 564. The molecule has 2 rings (SSSR count). The lowest BCUT2D eigenvalue weighted by Crippen LogP contribution is -2.41. The normalized spacial score (nSPS) is 20.7. The van der Waals surface area contributed by atoms with Crippen LogP contribution in [-0.2, 0) is 14.0 Å². The highest BCUT2D eigenvalue weighted by molar-refractivity contribution is 7.13. The first-order chi connectivity index (χ1) is 10.7. The van der Waals surface area contributed by atoms with Gasteiger partial charge in [0.25, 0.3) is 0 Å². The Balaban J connectivity index is 2.30. The Kier molecular flexibility index (Phi) is 5.72. The topological polar surface area (TPSA) is 27.7 Å². The molecule has 23 heavy (non-hydrogen) atoms. The quantitative estimate of drug-likeness (QED) is 0.550. The van der Waals surface area contributed by atoms with Crippen molar-refractivity contribution in [2.45, 2.75) is 59.2 Å². The number of aryl methyl sites for hydroxylation is 1. The highest BCUT2D eigenvalue weighted by Crippen LogP contribution is 2.41. The predicted molar refractivity (Wildman–Crippen MR) is 94.3 cm³/mol. The van der Waals surface area contributed by atoms with Gasteiger partial charge in [-0.1, -0.05) is 0 Å². The summed E-state index contributed by atoms with van der Waals surface area (Å²) in [6.07, 6.45) is 0.504. The summed E-state index contributed by atoms with van der Waals surface area (Å²) in [6.45, 7) is 12.8. The van der Waals surface area contributed by atoms with E-state index >= 15 is 4.39 Å². The van der Waals surface area contributed by atoms with E-state index < -0.39 is 18.3 Å². The van der Waals surface area contributed by atoms with Crippen molar-refractivity contribution in [2.75, 3.05) is 13.2 Å². The van der Waals surface area contributed by atoms with Gasteiger partial charge in [0.2, 0.25) is 0 Å². The first kappa shape index (κ1) is 18.7. The Morgan fingerprint density at radius 1 is 1.22 bits per heavy atom. The summed E-state index contributed by atoms with van der Waals surface area (Å²) in [5, 5.41) is 0. The van der Waals surface area contributed by atoms with Gasteiger partial charge in [-0.2, -0.15) is 0 Å². The fraction of sp³-hybridized carbons (Fsp3) is 0.647. The second-order valence-electron chi connectivity index (χ2n) is 6.77. The third-order valence-corrected chi connectivity index (χ3v) is 5.55. The van der Waals surface area contributed by atoms with Crippen LogP contribution in [0.2, 0.25) is 0 Å². The first-order valence-corrected chi connectivity index (χ1v) is 8.88. The van der Waals surface area contributed by atoms with E-state index in [-0.39, 0.29) is 5.73 Å². The molecule has 0 radical (unpaired) electrons. The number of hydrogen-bond acceptors (Lipinski definition) is 4. The molecule has 1 aromatic heterocycles. The molecule has 1 fully saturated rings. The second kappa shape index (κ2) is 7.05. The van der Waals surface area contributed by atoms with Crippen molar-refractivity contribution in [3.05, 3.63) is 27.6 Å². The average molecular weight is 340 g/mol. The minimum absolute atomic E-state index is 0.342. The van der Waals surface area contributed by atoms with Gasteiger partial charge in [-0.15, -0.1) is 11.3 Å². The lowest BCUT2D eigenvalue weighted by molar-refractivity contribution is 0.00578. The van der Waals surface area contributed by atoms with E-state index in [0.717, 1.165) is 9.75 Å². The highest BCUT2D eigenvalue weighted by Gasteiger charge is 2.53. The Morgan fingerprint density at radius 2 is 1.83 bits per heavy atom. The maximum Gasteiger partial charge on any atom is 0.525 e. The standard InChI is InChI=1S/C17H26BFO3S/c1-7-20-11-10-13(14-9-8-12(2)23-14)15(19)18-21-16(3,4)17(5,6)22-18/h8-9H,7,10-11H2,1-6H3. The molecule has 0 bridgehead atoms. The predicted octanol–water partition coefficient (Wildman–Crippen LogP) is 4.80. The lowest BCUT2D eigenvalue weighted by atomic mass is 9.83. The minimum Gasteiger partial charge on any atom is -0.398 e. The summed E-state index contributed by atoms with van der Waals surface area (Å²) in [4.78, 5) is 2.06. The van der Waals surface area contributed by atoms with Gasteiger partial charge in [-0.25, -0.2) is 4.39 Å². The molecule has 0 saturated carbocycles. The van der Waals surface area contributed by atoms with Crippen molar-refractivity contribution < 1.29 is 18.4 Å². The van der Waals surface area contributed by atoms with E-state index in [1.165, 1.54) is 0 Å². The number of thiophene rings is 1. The van der Waals surface area contributed by atoms with Gasteiger partial charge in [0, 0.05) is 16.4 Å². The van der Waals surface area contributed by atoms with Crippen LogP contribution in [0.5, 0.6) is 0 Å². The van der Waals surface area contributed by atoms with E-state index in [2.05, 4.69) is 0 Å². The molecule has 2 heterocycles. The molecule has 3 nitrogen and oxygen atoms in total. The van der Waals surface area contributed by atoms with Crippen molar-refractivity contribution >= 4 is 24.0 Å². The molecule has 0 aromatic carbocycles. The Hall–Kier alpha value is -0.685. The second-order valence-corrected chi connectivity index (χ2v) is 8.06. The number of ether oxygens (including phenoxy) is 1. The maximum atomic E-state index is 15.2. The molecule has 0 unspecified atom stereocenters. The molecule has 0 atom stereocenters. The summed E-state index contributed by atoms with van der Waals surface area (Å²) < 4.78 is 32.3. The van der Waals surface area contributed by atoms with Crippen LogP contribution in [0.25, 0.3) is 5.57 Å². The average Bonchev–Trinajstić information content (AvgIpc) is 2.96. The SMILES string of the molecule is CCOCCC(=C(F)B1OC(C)(C)C(C)(C)O1)c1ccc(C)s1. The molecule has 1 aliphatic rings. The third kappa shape index (κ3) is 4.05. The van der Waals surface area contributed by atoms with Crippen LogP contribution in [-0.4, -0.2) is 31.5 Å². The van der Waals surface area contributed by atoms with Crippen molar-refractivity contribution in [1.82, 2.24) is 0 Å². The van der Waals surface area contributed by atoms with Crippen molar-refractivity contribution in [1.29, 1.82) is 0 Å². The van der Waals surface area contributed by atoms with Crippen LogP contribution < -0.4 is 0 Å². The van der Waals surface area contributed by atoms with Crippen LogP contribution in [0.1, 0.15) is 50.8 Å². The zero-order valence-corrected chi connectivity index (χ0v) is 15.7. The number of hydrogen-bond donors (Lipinski definition) is 0. The van der Waals surface area contributed by atoms with Gasteiger partial charge in [0.1, 0.15) is 5.73 Å². The maximum absolute atomic E-state index is 15.2. The molecule has 1 saturated heterocycles. The Labute approximate surface area is 143 Å². The van der Waals surface area contributed by atoms with Gasteiger partial charge in [0.05, 0.1) is 17.8 Å². The van der Waals surface area contributed by atoms with Gasteiger partial charge >= 0.3 is 7.12 Å². The van der Waals surface area contributed by atoms with Crippen LogP contribution >= 0.6 is 11.3 Å². The van der Waals surface area contributed by atoms with Crippen LogP contribution in [0.15, 0.2) is 17.9 Å². The zero-order valence-electron chi connectivity index (χ0n) is 14.9. The van der Waals surface area contributed by atoms with E-state index in [0.29, 0.717) is 25.2 Å². The molecular weight excluding hydrogens is 314 g/mol. The minimum atomic E-state index is -0.959. The third-order valence-electron chi connectivity index (χ3n) is 4.49. The molecule has 128 valence electrons. The smallest absolute Gasteiger partial charge is 0.398 e. The molecule has 0 aliphatic carbocycles. The van der Waals surface area contributed by atoms with E-state index in [1.807, 2.05) is 53.7 Å². The van der Waals surface area contributed by atoms with Crippen LogP contribution in [0.3, 0.4) is 0 Å². The number of halogens is 1. The molecule has 6 heteroatoms. The Morgan fingerprint density at radius 3 is 2.30 bits per heavy atom. The highest BCUT2D eigenvalue weighted by atomic mass is 32.1. The summed E-state index contributed by atoms with van der Waals surface area (Å²) >= 11 is 1.58. The molecule has 0 amide bonds. The van der Waals surface area contributed by atoms with Gasteiger partial charge in [0.15, 0.2) is 0 Å². The van der Waals surface area contributed by atoms with Crippen molar-refractivity contribution in [3.8, 4) is 0 Å².